The second kappa shape index (κ2) is 10.1. The van der Waals surface area contributed by atoms with E-state index in [0.29, 0.717) is 30.6 Å². The summed E-state index contributed by atoms with van der Waals surface area (Å²) in [6.07, 6.45) is 1.03. The summed E-state index contributed by atoms with van der Waals surface area (Å²) in [6.45, 7) is 0.503. The van der Waals surface area contributed by atoms with Crippen LogP contribution in [0.25, 0.3) is 10.8 Å². The number of rotatable bonds is 8. The van der Waals surface area contributed by atoms with Gasteiger partial charge in [0.05, 0.1) is 6.54 Å². The summed E-state index contributed by atoms with van der Waals surface area (Å²) in [7, 11) is 0. The predicted octanol–water partition coefficient (Wildman–Crippen LogP) is 0.711. The van der Waals surface area contributed by atoms with Crippen molar-refractivity contribution in [1.29, 1.82) is 0 Å². The molecule has 7 heteroatoms. The molecule has 0 spiro atoms. The van der Waals surface area contributed by atoms with E-state index < -0.39 is 6.04 Å². The average Bonchev–Trinajstić information content (AvgIpc) is 2.76. The highest BCUT2D eigenvalue weighted by Crippen LogP contribution is 2.19. The lowest BCUT2D eigenvalue weighted by Crippen LogP contribution is -2.78. The molecule has 0 saturated heterocycles. The van der Waals surface area contributed by atoms with Crippen molar-refractivity contribution in [2.75, 3.05) is 11.9 Å². The third kappa shape index (κ3) is 5.81. The third-order valence-corrected chi connectivity index (χ3v) is 4.67. The maximum Gasteiger partial charge on any atom is 0.338 e. The molecular weight excluding hydrogens is 378 g/mol. The molecule has 0 fully saturated rings. The summed E-state index contributed by atoms with van der Waals surface area (Å²) in [5.41, 5.74) is 12.0. The van der Waals surface area contributed by atoms with E-state index in [1.54, 1.807) is 24.3 Å². The lowest BCUT2D eigenvalue weighted by molar-refractivity contribution is -0.459. The van der Waals surface area contributed by atoms with Crippen LogP contribution in [0, 0.1) is 0 Å². The number of nitrogens with two attached hydrogens (primary N) is 2. The number of nitrogens with one attached hydrogen (secondary N) is 3. The topological polar surface area (TPSA) is 124 Å². The first-order valence-corrected chi connectivity index (χ1v) is 9.80. The number of fused-ring (bicyclic) bond motifs is 1. The summed E-state index contributed by atoms with van der Waals surface area (Å²) < 4.78 is 0. The Labute approximate surface area is 175 Å². The minimum absolute atomic E-state index is 0.125. The zero-order valence-corrected chi connectivity index (χ0v) is 16.6. The number of amides is 2. The monoisotopic (exact) mass is 404 g/mol. The van der Waals surface area contributed by atoms with E-state index >= 15 is 0 Å². The van der Waals surface area contributed by atoms with Crippen LogP contribution in [-0.4, -0.2) is 30.4 Å². The number of anilines is 1. The fraction of sp³-hybridized carbons (Fsp3) is 0.174. The van der Waals surface area contributed by atoms with Crippen LogP contribution in [0.2, 0.25) is 0 Å². The quantitative estimate of drug-likeness (QED) is 0.215. The molecule has 0 bridgehead atoms. The molecule has 1 atom stereocenters. The van der Waals surface area contributed by atoms with Gasteiger partial charge in [0.2, 0.25) is 5.91 Å². The molecule has 7 nitrogen and oxygen atoms in total. The summed E-state index contributed by atoms with van der Waals surface area (Å²) in [5.74, 6) is -0.452. The van der Waals surface area contributed by atoms with Crippen LogP contribution in [0.1, 0.15) is 23.2 Å². The second-order valence-electron chi connectivity index (χ2n) is 6.97. The number of guanidine groups is 1. The molecule has 0 aliphatic rings. The lowest BCUT2D eigenvalue weighted by Gasteiger charge is -2.18. The molecule has 2 amide bonds. The minimum atomic E-state index is -0.704. The fourth-order valence-electron chi connectivity index (χ4n) is 3.14. The van der Waals surface area contributed by atoms with E-state index in [-0.39, 0.29) is 17.8 Å². The molecule has 154 valence electrons. The largest absolute Gasteiger partial charge is 0.340 e. The van der Waals surface area contributed by atoms with E-state index in [4.69, 9.17) is 11.5 Å². The Morgan fingerprint density at radius 2 is 1.60 bits per heavy atom. The molecule has 3 rings (SSSR count). The molecule has 7 N–H and O–H groups in total. The Balaban J connectivity index is 1.72. The Kier molecular flexibility index (Phi) is 7.00. The van der Waals surface area contributed by atoms with Gasteiger partial charge in [0.25, 0.3) is 5.91 Å². The Morgan fingerprint density at radius 1 is 0.900 bits per heavy atom. The second-order valence-corrected chi connectivity index (χ2v) is 6.97. The maximum atomic E-state index is 12.9. The number of carbonyl (C=O) groups excluding carboxylic acids is 2. The molecule has 0 aliphatic heterocycles. The normalized spacial score (nSPS) is 11.5. The first kappa shape index (κ1) is 20.9. The van der Waals surface area contributed by atoms with E-state index in [0.717, 1.165) is 10.8 Å². The van der Waals surface area contributed by atoms with Crippen molar-refractivity contribution >= 4 is 34.2 Å². The van der Waals surface area contributed by atoms with Gasteiger partial charge in [0, 0.05) is 11.3 Å². The standard InChI is InChI=1S/C23H25N5O2/c24-23(25)26-14-6-11-20(28-21(29)17-8-2-1-3-9-17)22(30)27-19-13-12-16-7-4-5-10-18(16)15-19/h1-5,7-10,12-13,15,20H,6,11,14H2,(H,27,30)(H,28,29)(H4,24,25,26)/p+1/t20-/m0/s1. The molecule has 3 aromatic rings. The van der Waals surface area contributed by atoms with Crippen LogP contribution in [-0.2, 0) is 4.79 Å². The zero-order chi connectivity index (χ0) is 21.3. The molecule has 30 heavy (non-hydrogen) atoms. The molecule has 0 unspecified atom stereocenters. The molecule has 0 aliphatic carbocycles. The Hall–Kier alpha value is -3.87. The van der Waals surface area contributed by atoms with Crippen molar-refractivity contribution in [3.63, 3.8) is 0 Å². The van der Waals surface area contributed by atoms with Crippen LogP contribution in [0.4, 0.5) is 5.69 Å². The van der Waals surface area contributed by atoms with Gasteiger partial charge in [-0.15, -0.1) is 0 Å². The van der Waals surface area contributed by atoms with Crippen molar-refractivity contribution in [2.24, 2.45) is 11.5 Å². The van der Waals surface area contributed by atoms with Crippen LogP contribution in [0.3, 0.4) is 0 Å². The molecule has 0 saturated carbocycles. The Bertz CT molecular complexity index is 1050. The zero-order valence-electron chi connectivity index (χ0n) is 16.6. The van der Waals surface area contributed by atoms with Gasteiger partial charge < -0.3 is 10.6 Å². The van der Waals surface area contributed by atoms with E-state index in [9.17, 15) is 9.59 Å². The van der Waals surface area contributed by atoms with Gasteiger partial charge in [-0.05, 0) is 47.9 Å². The molecule has 0 radical (unpaired) electrons. The predicted molar refractivity (Wildman–Crippen MR) is 119 cm³/mol. The number of benzene rings is 3. The molecular formula is C23H26N5O2+. The summed E-state index contributed by atoms with van der Waals surface area (Å²) >= 11 is 0. The molecule has 0 aromatic heterocycles. The average molecular weight is 404 g/mol. The van der Waals surface area contributed by atoms with Crippen molar-refractivity contribution in [1.82, 2.24) is 5.32 Å². The van der Waals surface area contributed by atoms with Crippen molar-refractivity contribution in [3.05, 3.63) is 78.4 Å². The SMILES string of the molecule is NC(N)=[NH+]CCC[C@H](NC(=O)c1ccccc1)C(=O)Nc1ccc2ccccc2c1. The van der Waals surface area contributed by atoms with Gasteiger partial charge in [-0.1, -0.05) is 48.5 Å². The van der Waals surface area contributed by atoms with Crippen LogP contribution in [0.5, 0.6) is 0 Å². The highest BCUT2D eigenvalue weighted by molar-refractivity contribution is 6.02. The highest BCUT2D eigenvalue weighted by Gasteiger charge is 2.21. The van der Waals surface area contributed by atoms with Gasteiger partial charge in [-0.3, -0.25) is 26.0 Å². The van der Waals surface area contributed by atoms with Gasteiger partial charge in [0.15, 0.2) is 0 Å². The van der Waals surface area contributed by atoms with Crippen molar-refractivity contribution in [3.8, 4) is 0 Å². The highest BCUT2D eigenvalue weighted by atomic mass is 16.2. The van der Waals surface area contributed by atoms with Gasteiger partial charge in [-0.2, -0.15) is 0 Å². The smallest absolute Gasteiger partial charge is 0.338 e. The van der Waals surface area contributed by atoms with Gasteiger partial charge >= 0.3 is 5.96 Å². The molecule has 3 aromatic carbocycles. The van der Waals surface area contributed by atoms with Crippen LogP contribution >= 0.6 is 0 Å². The minimum Gasteiger partial charge on any atom is -0.340 e. The number of carbonyl (C=O) groups is 2. The van der Waals surface area contributed by atoms with Crippen molar-refractivity contribution in [2.45, 2.75) is 18.9 Å². The summed E-state index contributed by atoms with van der Waals surface area (Å²) in [6, 6.07) is 21.7. The summed E-state index contributed by atoms with van der Waals surface area (Å²) in [4.78, 5) is 28.3. The van der Waals surface area contributed by atoms with Crippen LogP contribution in [0.15, 0.2) is 72.8 Å². The molecule has 0 heterocycles. The van der Waals surface area contributed by atoms with Gasteiger partial charge in [-0.25, -0.2) is 0 Å². The van der Waals surface area contributed by atoms with Crippen molar-refractivity contribution < 1.29 is 14.6 Å². The van der Waals surface area contributed by atoms with Gasteiger partial charge in [0.1, 0.15) is 6.04 Å². The third-order valence-electron chi connectivity index (χ3n) is 4.67. The number of hydrogen-bond acceptors (Lipinski definition) is 2. The van der Waals surface area contributed by atoms with E-state index in [1.165, 1.54) is 0 Å². The van der Waals surface area contributed by atoms with E-state index in [1.807, 2.05) is 48.5 Å². The fourth-order valence-corrected chi connectivity index (χ4v) is 3.14. The summed E-state index contributed by atoms with van der Waals surface area (Å²) in [5, 5.41) is 7.86. The van der Waals surface area contributed by atoms with E-state index in [2.05, 4.69) is 15.6 Å². The number of hydrogen-bond donors (Lipinski definition) is 5. The lowest BCUT2D eigenvalue weighted by atomic mass is 10.1. The Morgan fingerprint density at radius 3 is 2.33 bits per heavy atom. The first-order valence-electron chi connectivity index (χ1n) is 9.80. The van der Waals surface area contributed by atoms with Crippen LogP contribution < -0.4 is 27.1 Å². The maximum absolute atomic E-state index is 12.9. The first-order chi connectivity index (χ1) is 14.5.